The summed E-state index contributed by atoms with van der Waals surface area (Å²) >= 11 is 6.02. The Balaban J connectivity index is 2.19. The smallest absolute Gasteiger partial charge is 0.326 e. The highest BCUT2D eigenvalue weighted by atomic mass is 35.5. The highest BCUT2D eigenvalue weighted by Crippen LogP contribution is 2.38. The zero-order valence-electron chi connectivity index (χ0n) is 16.4. The van der Waals surface area contributed by atoms with Crippen LogP contribution >= 0.6 is 11.6 Å². The van der Waals surface area contributed by atoms with Crippen LogP contribution in [0.4, 0.5) is 26.3 Å². The van der Waals surface area contributed by atoms with Crippen molar-refractivity contribution >= 4 is 21.4 Å². The second kappa shape index (κ2) is 8.07. The molecule has 1 aromatic carbocycles. The third kappa shape index (κ3) is 4.46. The Kier molecular flexibility index (Phi) is 6.07. The van der Waals surface area contributed by atoms with Crippen LogP contribution in [0.2, 0.25) is 5.02 Å². The van der Waals surface area contributed by atoms with Gasteiger partial charge in [-0.3, -0.25) is 4.98 Å². The number of benzene rings is 1. The molecule has 3 rings (SSSR count). The molecule has 0 radical (unpaired) electrons. The van der Waals surface area contributed by atoms with E-state index in [1.807, 2.05) is 0 Å². The maximum atomic E-state index is 13.1. The van der Waals surface area contributed by atoms with E-state index >= 15 is 0 Å². The van der Waals surface area contributed by atoms with Crippen LogP contribution in [0.15, 0.2) is 41.6 Å². The molecule has 0 aliphatic rings. The number of imidazole rings is 1. The van der Waals surface area contributed by atoms with Crippen molar-refractivity contribution in [2.45, 2.75) is 24.2 Å². The van der Waals surface area contributed by atoms with Gasteiger partial charge in [-0.15, -0.1) is 0 Å². The average Bonchev–Trinajstić information content (AvgIpc) is 3.07. The fourth-order valence-electron chi connectivity index (χ4n) is 2.94. The molecule has 5 nitrogen and oxygen atoms in total. The SMILES string of the molecule is CCS(=O)(=O)c1cc(C(F)(F)F)cnc1-c1ncc(-c2ccc(C(F)(F)F)cc2Cl)n1C. The van der Waals surface area contributed by atoms with Gasteiger partial charge in [0.05, 0.1) is 38.7 Å². The van der Waals surface area contributed by atoms with Crippen LogP contribution in [0.25, 0.3) is 22.8 Å². The number of pyridine rings is 1. The quantitative estimate of drug-likeness (QED) is 0.438. The molecule has 0 saturated heterocycles. The molecule has 32 heavy (non-hydrogen) atoms. The van der Waals surface area contributed by atoms with Crippen molar-refractivity contribution in [3.8, 4) is 22.8 Å². The molecule has 0 unspecified atom stereocenters. The summed E-state index contributed by atoms with van der Waals surface area (Å²) in [4.78, 5) is 7.09. The van der Waals surface area contributed by atoms with E-state index in [1.165, 1.54) is 24.7 Å². The van der Waals surface area contributed by atoms with Gasteiger partial charge >= 0.3 is 12.4 Å². The molecule has 0 aliphatic carbocycles. The molecule has 3 aromatic rings. The Bertz CT molecular complexity index is 1280. The monoisotopic (exact) mass is 497 g/mol. The Morgan fingerprint density at radius 1 is 0.969 bits per heavy atom. The zero-order valence-corrected chi connectivity index (χ0v) is 18.0. The van der Waals surface area contributed by atoms with Crippen molar-refractivity contribution in [2.75, 3.05) is 5.75 Å². The van der Waals surface area contributed by atoms with Gasteiger partial charge < -0.3 is 4.57 Å². The second-order valence-electron chi connectivity index (χ2n) is 6.69. The molecule has 0 saturated carbocycles. The molecular formula is C19H14ClF6N3O2S. The van der Waals surface area contributed by atoms with Crippen LogP contribution in [0.3, 0.4) is 0 Å². The van der Waals surface area contributed by atoms with Crippen molar-refractivity contribution in [3.05, 3.63) is 52.8 Å². The normalized spacial score (nSPS) is 12.9. The van der Waals surface area contributed by atoms with Crippen molar-refractivity contribution < 1.29 is 34.8 Å². The van der Waals surface area contributed by atoms with Crippen LogP contribution in [0, 0.1) is 0 Å². The number of hydrogen-bond donors (Lipinski definition) is 0. The first-order chi connectivity index (χ1) is 14.7. The van der Waals surface area contributed by atoms with Crippen LogP contribution in [0.1, 0.15) is 18.1 Å². The minimum atomic E-state index is -4.82. The first kappa shape index (κ1) is 24.1. The third-order valence-electron chi connectivity index (χ3n) is 4.67. The van der Waals surface area contributed by atoms with E-state index in [9.17, 15) is 34.8 Å². The lowest BCUT2D eigenvalue weighted by Crippen LogP contribution is -2.13. The number of sulfone groups is 1. The van der Waals surface area contributed by atoms with E-state index in [1.54, 1.807) is 0 Å². The van der Waals surface area contributed by atoms with Gasteiger partial charge in [-0.25, -0.2) is 13.4 Å². The fraction of sp³-hybridized carbons (Fsp3) is 0.263. The molecule has 2 heterocycles. The van der Waals surface area contributed by atoms with Crippen molar-refractivity contribution in [2.24, 2.45) is 7.05 Å². The number of hydrogen-bond acceptors (Lipinski definition) is 4. The lowest BCUT2D eigenvalue weighted by atomic mass is 10.1. The topological polar surface area (TPSA) is 64.8 Å². The number of halogens is 7. The van der Waals surface area contributed by atoms with Crippen LogP contribution < -0.4 is 0 Å². The highest BCUT2D eigenvalue weighted by Gasteiger charge is 2.35. The molecule has 0 aliphatic heterocycles. The number of rotatable bonds is 4. The van der Waals surface area contributed by atoms with Crippen LogP contribution in [-0.2, 0) is 29.2 Å². The Morgan fingerprint density at radius 2 is 1.59 bits per heavy atom. The van der Waals surface area contributed by atoms with Gasteiger partial charge in [-0.05, 0) is 18.2 Å². The van der Waals surface area contributed by atoms with Crippen molar-refractivity contribution in [1.29, 1.82) is 0 Å². The van der Waals surface area contributed by atoms with E-state index in [-0.39, 0.29) is 27.8 Å². The Labute approximate surface area is 183 Å². The molecule has 172 valence electrons. The first-order valence-corrected chi connectivity index (χ1v) is 10.9. The molecular weight excluding hydrogens is 484 g/mol. The average molecular weight is 498 g/mol. The minimum Gasteiger partial charge on any atom is -0.326 e. The van der Waals surface area contributed by atoms with E-state index in [0.29, 0.717) is 12.3 Å². The lowest BCUT2D eigenvalue weighted by Gasteiger charge is -2.14. The lowest BCUT2D eigenvalue weighted by molar-refractivity contribution is -0.138. The summed E-state index contributed by atoms with van der Waals surface area (Å²) in [6, 6.07) is 3.15. The minimum absolute atomic E-state index is 0.100. The summed E-state index contributed by atoms with van der Waals surface area (Å²) in [5, 5.41) is -0.240. The molecule has 2 aromatic heterocycles. The Hall–Kier alpha value is -2.60. The van der Waals surface area contributed by atoms with Gasteiger partial charge in [-0.1, -0.05) is 24.6 Å². The fourth-order valence-corrected chi connectivity index (χ4v) is 4.27. The maximum Gasteiger partial charge on any atom is 0.417 e. The van der Waals surface area contributed by atoms with Gasteiger partial charge in [0.15, 0.2) is 15.7 Å². The van der Waals surface area contributed by atoms with Crippen molar-refractivity contribution in [3.63, 3.8) is 0 Å². The summed E-state index contributed by atoms with van der Waals surface area (Å²) in [5.74, 6) is -0.581. The van der Waals surface area contributed by atoms with E-state index in [4.69, 9.17) is 11.6 Å². The van der Waals surface area contributed by atoms with Gasteiger partial charge in [-0.2, -0.15) is 26.3 Å². The second-order valence-corrected chi connectivity index (χ2v) is 9.34. The van der Waals surface area contributed by atoms with Gasteiger partial charge in [0.1, 0.15) is 5.69 Å². The summed E-state index contributed by atoms with van der Waals surface area (Å²) in [7, 11) is -2.72. The zero-order chi connectivity index (χ0) is 24.1. The predicted molar refractivity (Wildman–Crippen MR) is 105 cm³/mol. The van der Waals surface area contributed by atoms with Crippen LogP contribution in [0.5, 0.6) is 0 Å². The van der Waals surface area contributed by atoms with Crippen LogP contribution in [-0.4, -0.2) is 28.7 Å². The predicted octanol–water partition coefficient (Wildman–Crippen LogP) is 5.63. The molecule has 0 fully saturated rings. The van der Waals surface area contributed by atoms with Gasteiger partial charge in [0.2, 0.25) is 0 Å². The summed E-state index contributed by atoms with van der Waals surface area (Å²) < 4.78 is 104. The molecule has 0 amide bonds. The summed E-state index contributed by atoms with van der Waals surface area (Å²) in [6.45, 7) is 1.27. The largest absolute Gasteiger partial charge is 0.417 e. The number of nitrogens with zero attached hydrogens (tertiary/aromatic N) is 3. The summed E-state index contributed by atoms with van der Waals surface area (Å²) in [6.07, 6.45) is -7.72. The summed E-state index contributed by atoms with van der Waals surface area (Å²) in [5.41, 5.74) is -2.16. The van der Waals surface area contributed by atoms with Gasteiger partial charge in [0.25, 0.3) is 0 Å². The van der Waals surface area contributed by atoms with E-state index in [2.05, 4.69) is 9.97 Å². The standard InChI is InChI=1S/C19H14ClF6N3O2S/c1-3-32(30,31)15-7-11(19(24,25)26)8-27-16(15)17-28-9-14(29(17)2)12-5-4-10(6-13(12)20)18(21,22)23/h4-9H,3H2,1-2H3. The molecule has 13 heteroatoms. The first-order valence-electron chi connectivity index (χ1n) is 8.86. The van der Waals surface area contributed by atoms with E-state index < -0.39 is 44.0 Å². The van der Waals surface area contributed by atoms with E-state index in [0.717, 1.165) is 18.2 Å². The number of alkyl halides is 6. The molecule has 0 spiro atoms. The highest BCUT2D eigenvalue weighted by molar-refractivity contribution is 7.91. The molecule has 0 atom stereocenters. The molecule has 0 N–H and O–H groups in total. The van der Waals surface area contributed by atoms with Gasteiger partial charge in [0, 0.05) is 18.8 Å². The van der Waals surface area contributed by atoms with Crippen molar-refractivity contribution in [1.82, 2.24) is 14.5 Å². The Morgan fingerprint density at radius 3 is 2.12 bits per heavy atom. The number of aromatic nitrogens is 3. The third-order valence-corrected chi connectivity index (χ3v) is 6.72. The molecule has 0 bridgehead atoms. The maximum absolute atomic E-state index is 13.1.